The summed E-state index contributed by atoms with van der Waals surface area (Å²) in [6.07, 6.45) is 11.3. The Bertz CT molecular complexity index is 143. The zero-order valence-electron chi connectivity index (χ0n) is 10.0. The molecule has 14 heavy (non-hydrogen) atoms. The number of nitrogens with two attached hydrogens (primary N) is 1. The van der Waals surface area contributed by atoms with Crippen LogP contribution in [0.3, 0.4) is 0 Å². The molecular formula is C13H27N. The Morgan fingerprint density at radius 1 is 1.07 bits per heavy atom. The first-order valence-corrected chi connectivity index (χ1v) is 6.39. The smallest absolute Gasteiger partial charge is 0.00720 e. The van der Waals surface area contributed by atoms with E-state index in [1.54, 1.807) is 0 Å². The molecule has 0 bridgehead atoms. The van der Waals surface area contributed by atoms with Gasteiger partial charge in [0, 0.05) is 0 Å². The first-order valence-electron chi connectivity index (χ1n) is 6.39. The highest BCUT2D eigenvalue weighted by Gasteiger charge is 2.30. The Balaban J connectivity index is 2.57. The molecule has 1 nitrogen and oxygen atoms in total. The molecule has 1 rings (SSSR count). The number of hydrogen-bond acceptors (Lipinski definition) is 1. The number of rotatable bonds is 4. The SMILES string of the molecule is CC(C)CC1(CCN)CCCCCC1. The van der Waals surface area contributed by atoms with Crippen molar-refractivity contribution in [2.75, 3.05) is 6.54 Å². The first kappa shape index (κ1) is 12.0. The zero-order valence-corrected chi connectivity index (χ0v) is 10.0. The van der Waals surface area contributed by atoms with E-state index in [1.807, 2.05) is 0 Å². The molecule has 0 aliphatic heterocycles. The van der Waals surface area contributed by atoms with E-state index in [9.17, 15) is 0 Å². The second-order valence-corrected chi connectivity index (χ2v) is 5.55. The molecule has 1 aliphatic carbocycles. The molecule has 0 amide bonds. The molecule has 0 heterocycles. The molecule has 2 N–H and O–H groups in total. The molecule has 0 unspecified atom stereocenters. The zero-order chi connectivity index (χ0) is 10.4. The molecule has 0 aromatic carbocycles. The summed E-state index contributed by atoms with van der Waals surface area (Å²) in [5.74, 6) is 0.833. The summed E-state index contributed by atoms with van der Waals surface area (Å²) in [5.41, 5.74) is 6.38. The third kappa shape index (κ3) is 3.61. The Hall–Kier alpha value is -0.0400. The fourth-order valence-corrected chi connectivity index (χ4v) is 3.21. The Labute approximate surface area is 89.5 Å². The summed E-state index contributed by atoms with van der Waals surface area (Å²) in [5, 5.41) is 0. The first-order chi connectivity index (χ1) is 6.68. The quantitative estimate of drug-likeness (QED) is 0.683. The van der Waals surface area contributed by atoms with Gasteiger partial charge in [0.05, 0.1) is 0 Å². The van der Waals surface area contributed by atoms with Crippen molar-refractivity contribution in [3.63, 3.8) is 0 Å². The van der Waals surface area contributed by atoms with Gasteiger partial charge in [-0.05, 0) is 43.6 Å². The van der Waals surface area contributed by atoms with Crippen molar-refractivity contribution < 1.29 is 0 Å². The van der Waals surface area contributed by atoms with Gasteiger partial charge in [-0.25, -0.2) is 0 Å². The van der Waals surface area contributed by atoms with Crippen LogP contribution in [0.4, 0.5) is 0 Å². The monoisotopic (exact) mass is 197 g/mol. The van der Waals surface area contributed by atoms with Gasteiger partial charge in [0.25, 0.3) is 0 Å². The van der Waals surface area contributed by atoms with Gasteiger partial charge in [-0.3, -0.25) is 0 Å². The number of hydrogen-bond donors (Lipinski definition) is 1. The minimum Gasteiger partial charge on any atom is -0.330 e. The molecule has 84 valence electrons. The molecule has 1 fully saturated rings. The summed E-state index contributed by atoms with van der Waals surface area (Å²) in [4.78, 5) is 0. The molecule has 0 aromatic heterocycles. The van der Waals surface area contributed by atoms with Crippen LogP contribution in [0.2, 0.25) is 0 Å². The lowest BCUT2D eigenvalue weighted by Crippen LogP contribution is -2.25. The normalized spacial score (nSPS) is 22.3. The maximum absolute atomic E-state index is 5.77. The lowest BCUT2D eigenvalue weighted by Gasteiger charge is -2.34. The van der Waals surface area contributed by atoms with Gasteiger partial charge < -0.3 is 5.73 Å². The van der Waals surface area contributed by atoms with Crippen LogP contribution in [0.25, 0.3) is 0 Å². The van der Waals surface area contributed by atoms with Crippen LogP contribution in [0, 0.1) is 11.3 Å². The van der Waals surface area contributed by atoms with Gasteiger partial charge in [0.2, 0.25) is 0 Å². The molecular weight excluding hydrogens is 170 g/mol. The predicted molar refractivity (Wildman–Crippen MR) is 63.3 cm³/mol. The molecule has 0 atom stereocenters. The van der Waals surface area contributed by atoms with E-state index in [0.717, 1.165) is 12.5 Å². The Morgan fingerprint density at radius 3 is 2.07 bits per heavy atom. The summed E-state index contributed by atoms with van der Waals surface area (Å²) in [6.45, 7) is 5.58. The third-order valence-electron chi connectivity index (χ3n) is 3.68. The van der Waals surface area contributed by atoms with Crippen LogP contribution in [-0.4, -0.2) is 6.54 Å². The fourth-order valence-electron chi connectivity index (χ4n) is 3.21. The molecule has 0 saturated heterocycles. The summed E-state index contributed by atoms with van der Waals surface area (Å²) in [6, 6.07) is 0. The second kappa shape index (κ2) is 5.75. The van der Waals surface area contributed by atoms with Crippen molar-refractivity contribution in [2.24, 2.45) is 17.1 Å². The van der Waals surface area contributed by atoms with Gasteiger partial charge in [0.1, 0.15) is 0 Å². The van der Waals surface area contributed by atoms with Gasteiger partial charge in [-0.2, -0.15) is 0 Å². The summed E-state index contributed by atoms with van der Waals surface area (Å²) >= 11 is 0. The average molecular weight is 197 g/mol. The van der Waals surface area contributed by atoms with Crippen LogP contribution >= 0.6 is 0 Å². The topological polar surface area (TPSA) is 26.0 Å². The van der Waals surface area contributed by atoms with Crippen molar-refractivity contribution in [3.8, 4) is 0 Å². The van der Waals surface area contributed by atoms with Crippen LogP contribution in [-0.2, 0) is 0 Å². The maximum Gasteiger partial charge on any atom is -0.00720 e. The van der Waals surface area contributed by atoms with Gasteiger partial charge in [-0.15, -0.1) is 0 Å². The molecule has 1 saturated carbocycles. The molecule has 0 aromatic rings. The van der Waals surface area contributed by atoms with E-state index < -0.39 is 0 Å². The van der Waals surface area contributed by atoms with E-state index in [4.69, 9.17) is 5.73 Å². The van der Waals surface area contributed by atoms with Crippen LogP contribution in [0.5, 0.6) is 0 Å². The highest BCUT2D eigenvalue weighted by molar-refractivity contribution is 4.82. The summed E-state index contributed by atoms with van der Waals surface area (Å²) in [7, 11) is 0. The fraction of sp³-hybridized carbons (Fsp3) is 1.00. The van der Waals surface area contributed by atoms with E-state index in [-0.39, 0.29) is 0 Å². The molecule has 0 spiro atoms. The van der Waals surface area contributed by atoms with Crippen LogP contribution in [0.1, 0.15) is 65.2 Å². The lowest BCUT2D eigenvalue weighted by atomic mass is 9.72. The molecule has 1 heteroatoms. The lowest BCUT2D eigenvalue weighted by molar-refractivity contribution is 0.179. The van der Waals surface area contributed by atoms with Crippen molar-refractivity contribution in [2.45, 2.75) is 65.2 Å². The van der Waals surface area contributed by atoms with Gasteiger partial charge >= 0.3 is 0 Å². The van der Waals surface area contributed by atoms with Crippen molar-refractivity contribution in [1.82, 2.24) is 0 Å². The van der Waals surface area contributed by atoms with Crippen molar-refractivity contribution in [1.29, 1.82) is 0 Å². The third-order valence-corrected chi connectivity index (χ3v) is 3.68. The van der Waals surface area contributed by atoms with Gasteiger partial charge in [0.15, 0.2) is 0 Å². The minimum absolute atomic E-state index is 0.611. The maximum atomic E-state index is 5.77. The van der Waals surface area contributed by atoms with E-state index in [2.05, 4.69) is 13.8 Å². The van der Waals surface area contributed by atoms with Crippen molar-refractivity contribution >= 4 is 0 Å². The summed E-state index contributed by atoms with van der Waals surface area (Å²) < 4.78 is 0. The van der Waals surface area contributed by atoms with E-state index >= 15 is 0 Å². The van der Waals surface area contributed by atoms with E-state index in [1.165, 1.54) is 51.4 Å². The Morgan fingerprint density at radius 2 is 1.64 bits per heavy atom. The predicted octanol–water partition coefficient (Wildman–Crippen LogP) is 3.72. The van der Waals surface area contributed by atoms with E-state index in [0.29, 0.717) is 5.41 Å². The largest absolute Gasteiger partial charge is 0.330 e. The average Bonchev–Trinajstić information content (AvgIpc) is 2.30. The van der Waals surface area contributed by atoms with Gasteiger partial charge in [-0.1, -0.05) is 39.5 Å². The van der Waals surface area contributed by atoms with Crippen LogP contribution in [0.15, 0.2) is 0 Å². The standard InChI is InChI=1S/C13H27N/c1-12(2)11-13(9-10-14)7-5-3-4-6-8-13/h12H,3-11,14H2,1-2H3. The highest BCUT2D eigenvalue weighted by Crippen LogP contribution is 2.42. The minimum atomic E-state index is 0.611. The second-order valence-electron chi connectivity index (χ2n) is 5.55. The molecule has 1 aliphatic rings. The molecule has 0 radical (unpaired) electrons. The van der Waals surface area contributed by atoms with Crippen molar-refractivity contribution in [3.05, 3.63) is 0 Å². The Kier molecular flexibility index (Phi) is 4.94. The van der Waals surface area contributed by atoms with Crippen LogP contribution < -0.4 is 5.73 Å². The highest BCUT2D eigenvalue weighted by atomic mass is 14.5.